The Morgan fingerprint density at radius 1 is 1.12 bits per heavy atom. The number of benzene rings is 2. The zero-order chi connectivity index (χ0) is 16.9. The fourth-order valence-electron chi connectivity index (χ4n) is 2.42. The summed E-state index contributed by atoms with van der Waals surface area (Å²) in [4.78, 5) is 18.6. The summed E-state index contributed by atoms with van der Waals surface area (Å²) in [7, 11) is 0. The van der Waals surface area contributed by atoms with Crippen molar-refractivity contribution in [2.75, 3.05) is 6.61 Å². The molecule has 1 amide bonds. The van der Waals surface area contributed by atoms with Crippen molar-refractivity contribution in [3.8, 4) is 5.75 Å². The van der Waals surface area contributed by atoms with Crippen LogP contribution in [0, 0.1) is 0 Å². The van der Waals surface area contributed by atoms with Crippen molar-refractivity contribution >= 4 is 32.7 Å². The Labute approximate surface area is 149 Å². The van der Waals surface area contributed by atoms with Gasteiger partial charge in [-0.05, 0) is 0 Å². The van der Waals surface area contributed by atoms with Crippen LogP contribution in [0.2, 0.25) is 0 Å². The van der Waals surface area contributed by atoms with Crippen LogP contribution in [0.5, 0.6) is 5.75 Å². The van der Waals surface area contributed by atoms with Gasteiger partial charge in [0.15, 0.2) is 0 Å². The zero-order valence-electron chi connectivity index (χ0n) is 13.3. The Morgan fingerprint density at radius 3 is 2.50 bits per heavy atom. The number of carbonyl (C=O) groups is 1. The van der Waals surface area contributed by atoms with Gasteiger partial charge in [0.05, 0.1) is 0 Å². The minimum absolute atomic E-state index is 0.0958. The Hall–Kier alpha value is -2.36. The number of nitrogens with zero attached hydrogens (tertiary/aromatic N) is 2. The second-order valence-electron chi connectivity index (χ2n) is 5.30. The second kappa shape index (κ2) is 7.47. The van der Waals surface area contributed by atoms with Gasteiger partial charge >= 0.3 is 149 Å². The molecular weight excluding hydrogens is 367 g/mol. The average molecular weight is 384 g/mol. The monoisotopic (exact) mass is 385 g/mol. The first kappa shape index (κ1) is 16.5. The molecule has 1 aliphatic rings. The fourth-order valence-corrected chi connectivity index (χ4v) is 2.94. The number of ether oxygens (including phenoxy) is 1. The molecule has 2 aromatic carbocycles. The molecule has 0 unspecified atom stereocenters. The van der Waals surface area contributed by atoms with Gasteiger partial charge in [0.25, 0.3) is 0 Å². The van der Waals surface area contributed by atoms with E-state index in [0.29, 0.717) is 23.6 Å². The van der Waals surface area contributed by atoms with Crippen molar-refractivity contribution in [2.45, 2.75) is 13.5 Å². The van der Waals surface area contributed by atoms with Gasteiger partial charge in [-0.2, -0.15) is 0 Å². The van der Waals surface area contributed by atoms with Gasteiger partial charge in [-0.1, -0.05) is 0 Å². The van der Waals surface area contributed by atoms with Gasteiger partial charge in [0.1, 0.15) is 0 Å². The van der Waals surface area contributed by atoms with Crippen molar-refractivity contribution < 1.29 is 9.53 Å². The van der Waals surface area contributed by atoms with Crippen LogP contribution < -0.4 is 4.74 Å². The van der Waals surface area contributed by atoms with Crippen molar-refractivity contribution in [2.24, 2.45) is 4.99 Å². The van der Waals surface area contributed by atoms with E-state index in [4.69, 9.17) is 4.74 Å². The molecule has 1 heterocycles. The van der Waals surface area contributed by atoms with Crippen LogP contribution in [-0.2, 0) is 11.3 Å². The number of rotatable bonds is 5. The van der Waals surface area contributed by atoms with Crippen LogP contribution in [0.1, 0.15) is 18.1 Å². The van der Waals surface area contributed by atoms with E-state index in [-0.39, 0.29) is 5.91 Å². The predicted octanol–water partition coefficient (Wildman–Crippen LogP) is 2.99. The zero-order valence-corrected chi connectivity index (χ0v) is 15.0. The number of hydrogen-bond donors (Lipinski definition) is 0. The normalized spacial score (nSPS) is 15.7. The Morgan fingerprint density at radius 2 is 1.83 bits per heavy atom. The molecule has 0 saturated carbocycles. The second-order valence-corrected chi connectivity index (χ2v) is 6.07. The van der Waals surface area contributed by atoms with Crippen molar-refractivity contribution in [3.63, 3.8) is 0 Å². The summed E-state index contributed by atoms with van der Waals surface area (Å²) >= 11 is 2.88. The molecule has 24 heavy (non-hydrogen) atoms. The number of amides is 1. The number of aliphatic imine (C=N–C) groups is 1. The summed E-state index contributed by atoms with van der Waals surface area (Å²) in [6.45, 7) is 3.08. The molecule has 1 aliphatic heterocycles. The first-order chi connectivity index (χ1) is 11.7. The first-order valence-corrected chi connectivity index (χ1v) is 8.59. The van der Waals surface area contributed by atoms with Gasteiger partial charge in [0.2, 0.25) is 0 Å². The van der Waals surface area contributed by atoms with Gasteiger partial charge in [-0.15, -0.1) is 0 Å². The summed E-state index contributed by atoms with van der Waals surface area (Å²) in [5.74, 6) is 0.720. The van der Waals surface area contributed by atoms with Crippen LogP contribution in [0.25, 0.3) is 6.08 Å². The van der Waals surface area contributed by atoms with E-state index in [9.17, 15) is 4.79 Å². The molecule has 3 rings (SSSR count). The predicted molar refractivity (Wildman–Crippen MR) is 95.8 cm³/mol. The topological polar surface area (TPSA) is 41.9 Å². The summed E-state index contributed by atoms with van der Waals surface area (Å²) in [6, 6.07) is 17.5. The van der Waals surface area contributed by atoms with Gasteiger partial charge in [-0.3, -0.25) is 0 Å². The van der Waals surface area contributed by atoms with Crippen molar-refractivity contribution in [1.29, 1.82) is 0 Å². The molecule has 121 valence electrons. The van der Waals surface area contributed by atoms with Crippen LogP contribution in [0.3, 0.4) is 0 Å². The third-order valence-corrected chi connectivity index (χ3v) is 4.24. The van der Waals surface area contributed by atoms with E-state index >= 15 is 0 Å². The van der Waals surface area contributed by atoms with E-state index in [1.54, 1.807) is 11.0 Å². The van der Waals surface area contributed by atoms with E-state index in [1.165, 1.54) is 0 Å². The van der Waals surface area contributed by atoms with Gasteiger partial charge in [0, 0.05) is 0 Å². The molecule has 0 aromatic heterocycles. The SMILES string of the molecule is CCOc1ccc(/C=C2\N=C([Se])N(Cc3ccccc3)C2=O)cc1. The van der Waals surface area contributed by atoms with Crippen LogP contribution in [-0.4, -0.2) is 38.2 Å². The quantitative estimate of drug-likeness (QED) is 0.588. The molecule has 5 heteroatoms. The molecule has 0 N–H and O–H groups in total. The van der Waals surface area contributed by atoms with Crippen molar-refractivity contribution in [1.82, 2.24) is 4.90 Å². The van der Waals surface area contributed by atoms with Crippen molar-refractivity contribution in [3.05, 3.63) is 71.4 Å². The van der Waals surface area contributed by atoms with Crippen LogP contribution >= 0.6 is 0 Å². The van der Waals surface area contributed by atoms with E-state index in [1.807, 2.05) is 61.5 Å². The Kier molecular flexibility index (Phi) is 5.14. The molecule has 0 bridgehead atoms. The Bertz CT molecular complexity index is 783. The van der Waals surface area contributed by atoms with Crippen LogP contribution in [0.15, 0.2) is 65.3 Å². The molecule has 0 spiro atoms. The number of carbonyl (C=O) groups excluding carboxylic acids is 1. The molecule has 0 atom stereocenters. The summed E-state index contributed by atoms with van der Waals surface area (Å²) in [5.41, 5.74) is 2.42. The number of hydrogen-bond acceptors (Lipinski definition) is 3. The number of amidine groups is 1. The molecule has 0 saturated heterocycles. The minimum atomic E-state index is -0.0958. The fraction of sp³-hybridized carbons (Fsp3) is 0.158. The van der Waals surface area contributed by atoms with Gasteiger partial charge < -0.3 is 0 Å². The third-order valence-electron chi connectivity index (χ3n) is 3.59. The van der Waals surface area contributed by atoms with E-state index < -0.39 is 0 Å². The molecule has 2 aromatic rings. The molecular formula is C19H17N2O2Se. The van der Waals surface area contributed by atoms with Crippen LogP contribution in [0.4, 0.5) is 0 Å². The van der Waals surface area contributed by atoms with E-state index in [2.05, 4.69) is 21.0 Å². The summed E-state index contributed by atoms with van der Waals surface area (Å²) in [5, 5.41) is 0. The standard InChI is InChI=1S/C19H17N2O2Se/c1-2-23-16-10-8-14(9-11-16)12-17-18(22)21(19(24)20-17)13-15-6-4-3-5-7-15/h3-12H,2,13H2,1H3/b17-12-. The third kappa shape index (κ3) is 3.75. The maximum absolute atomic E-state index is 12.6. The first-order valence-electron chi connectivity index (χ1n) is 7.73. The summed E-state index contributed by atoms with van der Waals surface area (Å²) < 4.78 is 6.02. The maximum atomic E-state index is 12.6. The Balaban J connectivity index is 1.76. The summed E-state index contributed by atoms with van der Waals surface area (Å²) in [6.07, 6.45) is 1.79. The molecule has 0 aliphatic carbocycles. The molecule has 1 radical (unpaired) electrons. The van der Waals surface area contributed by atoms with E-state index in [0.717, 1.165) is 16.9 Å². The molecule has 4 nitrogen and oxygen atoms in total. The van der Waals surface area contributed by atoms with Gasteiger partial charge in [-0.25, -0.2) is 0 Å². The molecule has 0 fully saturated rings. The average Bonchev–Trinajstić information content (AvgIpc) is 2.85.